The van der Waals surface area contributed by atoms with Gasteiger partial charge >= 0.3 is 0 Å². The average Bonchev–Trinajstić information content (AvgIpc) is 3.00. The van der Waals surface area contributed by atoms with Gasteiger partial charge in [0.05, 0.1) is 31.3 Å². The van der Waals surface area contributed by atoms with E-state index in [0.29, 0.717) is 6.42 Å². The summed E-state index contributed by atoms with van der Waals surface area (Å²) in [5.41, 5.74) is 0. The molecule has 5 nitrogen and oxygen atoms in total. The number of hydrogen-bond acceptors (Lipinski definition) is 4. The third-order valence-electron chi connectivity index (χ3n) is 8.16. The number of aliphatic hydroxyl groups is 3. The largest absolute Gasteiger partial charge is 0.394 e. The Morgan fingerprint density at radius 3 is 1.49 bits per heavy atom. The molecule has 0 aliphatic heterocycles. The van der Waals surface area contributed by atoms with Crippen molar-refractivity contribution in [1.82, 2.24) is 5.32 Å². The second kappa shape index (κ2) is 33.5. The normalized spacial score (nSPS) is 14.3. The molecule has 43 heavy (non-hydrogen) atoms. The highest BCUT2D eigenvalue weighted by Gasteiger charge is 2.20. The zero-order valence-corrected chi connectivity index (χ0v) is 28.3. The number of carbonyl (C=O) groups excluding carboxylic acids is 1. The van der Waals surface area contributed by atoms with Crippen LogP contribution in [0.2, 0.25) is 0 Å². The first-order valence-corrected chi connectivity index (χ1v) is 18.3. The summed E-state index contributed by atoms with van der Waals surface area (Å²) >= 11 is 0. The molecule has 3 unspecified atom stereocenters. The lowest BCUT2D eigenvalue weighted by atomic mass is 10.0. The van der Waals surface area contributed by atoms with E-state index < -0.39 is 18.2 Å². The summed E-state index contributed by atoms with van der Waals surface area (Å²) in [5.74, 6) is -0.333. The average molecular weight is 606 g/mol. The van der Waals surface area contributed by atoms with Crippen LogP contribution < -0.4 is 5.32 Å². The third-order valence-corrected chi connectivity index (χ3v) is 8.16. The second-order valence-corrected chi connectivity index (χ2v) is 12.5. The van der Waals surface area contributed by atoms with Gasteiger partial charge in [-0.05, 0) is 44.9 Å². The van der Waals surface area contributed by atoms with E-state index in [0.717, 1.165) is 38.5 Å². The van der Waals surface area contributed by atoms with Crippen molar-refractivity contribution in [3.8, 4) is 0 Å². The number of allylic oxidation sites excluding steroid dienone is 5. The number of rotatable bonds is 32. The van der Waals surface area contributed by atoms with E-state index in [1.807, 2.05) is 6.08 Å². The van der Waals surface area contributed by atoms with Crippen LogP contribution in [0.4, 0.5) is 0 Å². The Morgan fingerprint density at radius 2 is 1.00 bits per heavy atom. The van der Waals surface area contributed by atoms with Gasteiger partial charge in [-0.25, -0.2) is 0 Å². The van der Waals surface area contributed by atoms with Crippen molar-refractivity contribution in [2.24, 2.45) is 0 Å². The van der Waals surface area contributed by atoms with E-state index in [9.17, 15) is 20.1 Å². The maximum atomic E-state index is 12.3. The molecule has 252 valence electrons. The molecule has 0 aromatic rings. The van der Waals surface area contributed by atoms with E-state index in [-0.39, 0.29) is 18.9 Å². The van der Waals surface area contributed by atoms with Crippen molar-refractivity contribution in [3.63, 3.8) is 0 Å². The van der Waals surface area contributed by atoms with Crippen LogP contribution in [0.25, 0.3) is 0 Å². The lowest BCUT2D eigenvalue weighted by molar-refractivity contribution is -0.124. The number of amides is 1. The van der Waals surface area contributed by atoms with E-state index in [2.05, 4.69) is 43.5 Å². The van der Waals surface area contributed by atoms with Crippen LogP contribution in [0.5, 0.6) is 0 Å². The molecule has 0 aromatic heterocycles. The van der Waals surface area contributed by atoms with Gasteiger partial charge in [0, 0.05) is 0 Å². The van der Waals surface area contributed by atoms with Gasteiger partial charge in [-0.3, -0.25) is 4.79 Å². The Morgan fingerprint density at radius 1 is 0.581 bits per heavy atom. The summed E-state index contributed by atoms with van der Waals surface area (Å²) in [6.07, 6.45) is 39.9. The molecule has 0 spiro atoms. The molecule has 0 fully saturated rings. The molecule has 0 saturated carbocycles. The van der Waals surface area contributed by atoms with Crippen LogP contribution in [0, 0.1) is 0 Å². The smallest absolute Gasteiger partial charge is 0.222 e. The SMILES string of the molecule is CCCCCCCCCC/C=C/CC/C=C/CC/C=C/C(O)C(CO)NC(=O)CC(O)CCCCCCCCCCCC. The van der Waals surface area contributed by atoms with Crippen LogP contribution >= 0.6 is 0 Å². The molecule has 4 N–H and O–H groups in total. The predicted octanol–water partition coefficient (Wildman–Crippen LogP) is 9.65. The summed E-state index contributed by atoms with van der Waals surface area (Å²) in [5, 5.41) is 32.9. The maximum Gasteiger partial charge on any atom is 0.222 e. The topological polar surface area (TPSA) is 89.8 Å². The molecular weight excluding hydrogens is 534 g/mol. The first kappa shape index (κ1) is 41.6. The Kier molecular flexibility index (Phi) is 32.3. The Balaban J connectivity index is 3.83. The minimum atomic E-state index is -0.955. The molecule has 0 aliphatic rings. The highest BCUT2D eigenvalue weighted by molar-refractivity contribution is 5.76. The molecule has 0 rings (SSSR count). The molecule has 5 heteroatoms. The molecule has 0 aliphatic carbocycles. The molecule has 0 bridgehead atoms. The van der Waals surface area contributed by atoms with Crippen LogP contribution in [-0.4, -0.2) is 46.1 Å². The Hall–Kier alpha value is -1.43. The van der Waals surface area contributed by atoms with Gasteiger partial charge in [-0.15, -0.1) is 0 Å². The summed E-state index contributed by atoms with van der Waals surface area (Å²) < 4.78 is 0. The first-order chi connectivity index (χ1) is 21.0. The Labute approximate surface area is 266 Å². The Bertz CT molecular complexity index is 675. The molecule has 1 amide bonds. The summed E-state index contributed by atoms with van der Waals surface area (Å²) in [6, 6.07) is -0.763. The van der Waals surface area contributed by atoms with Crippen molar-refractivity contribution >= 4 is 5.91 Å². The monoisotopic (exact) mass is 606 g/mol. The fourth-order valence-electron chi connectivity index (χ4n) is 5.31. The number of unbranched alkanes of at least 4 members (excludes halogenated alkanes) is 19. The van der Waals surface area contributed by atoms with Gasteiger partial charge in [-0.1, -0.05) is 159 Å². The predicted molar refractivity (Wildman–Crippen MR) is 185 cm³/mol. The van der Waals surface area contributed by atoms with Gasteiger partial charge in [-0.2, -0.15) is 0 Å². The van der Waals surface area contributed by atoms with Crippen molar-refractivity contribution in [3.05, 3.63) is 36.5 Å². The van der Waals surface area contributed by atoms with Crippen LogP contribution in [0.3, 0.4) is 0 Å². The van der Waals surface area contributed by atoms with Crippen molar-refractivity contribution in [2.75, 3.05) is 6.61 Å². The minimum absolute atomic E-state index is 0.00351. The number of aliphatic hydroxyl groups excluding tert-OH is 3. The summed E-state index contributed by atoms with van der Waals surface area (Å²) in [4.78, 5) is 12.3. The zero-order chi connectivity index (χ0) is 31.6. The number of carbonyl (C=O) groups is 1. The summed E-state index contributed by atoms with van der Waals surface area (Å²) in [7, 11) is 0. The lowest BCUT2D eigenvalue weighted by Gasteiger charge is -2.21. The van der Waals surface area contributed by atoms with Crippen LogP contribution in [0.1, 0.15) is 174 Å². The second-order valence-electron chi connectivity index (χ2n) is 12.5. The third kappa shape index (κ3) is 30.4. The minimum Gasteiger partial charge on any atom is -0.394 e. The van der Waals surface area contributed by atoms with E-state index in [1.54, 1.807) is 6.08 Å². The zero-order valence-electron chi connectivity index (χ0n) is 28.3. The van der Waals surface area contributed by atoms with Gasteiger partial charge in [0.15, 0.2) is 0 Å². The highest BCUT2D eigenvalue weighted by Crippen LogP contribution is 2.13. The van der Waals surface area contributed by atoms with Crippen LogP contribution in [-0.2, 0) is 4.79 Å². The quantitative estimate of drug-likeness (QED) is 0.0454. The summed E-state index contributed by atoms with van der Waals surface area (Å²) in [6.45, 7) is 4.16. The van der Waals surface area contributed by atoms with Crippen molar-refractivity contribution in [2.45, 2.75) is 193 Å². The van der Waals surface area contributed by atoms with E-state index >= 15 is 0 Å². The van der Waals surface area contributed by atoms with Crippen LogP contribution in [0.15, 0.2) is 36.5 Å². The van der Waals surface area contributed by atoms with Crippen molar-refractivity contribution < 1.29 is 20.1 Å². The molecule has 0 radical (unpaired) electrons. The molecule has 0 aromatic carbocycles. The fraction of sp³-hybridized carbons (Fsp3) is 0.816. The maximum absolute atomic E-state index is 12.3. The molecular formula is C38H71NO4. The van der Waals surface area contributed by atoms with Gasteiger partial charge in [0.2, 0.25) is 5.91 Å². The first-order valence-electron chi connectivity index (χ1n) is 18.3. The van der Waals surface area contributed by atoms with Gasteiger partial charge in [0.1, 0.15) is 0 Å². The van der Waals surface area contributed by atoms with E-state index in [4.69, 9.17) is 0 Å². The van der Waals surface area contributed by atoms with E-state index in [1.165, 1.54) is 109 Å². The number of nitrogens with one attached hydrogen (secondary N) is 1. The lowest BCUT2D eigenvalue weighted by Crippen LogP contribution is -2.45. The molecule has 0 heterocycles. The highest BCUT2D eigenvalue weighted by atomic mass is 16.3. The standard InChI is InChI=1S/C38H71NO4/c1-3-5-7-9-11-13-15-16-17-18-19-20-21-22-24-26-28-30-32-37(42)36(34-40)39-38(43)33-35(41)31-29-27-25-23-14-12-10-8-6-4-2/h18-19,22,24,30,32,35-37,40-42H,3-17,20-21,23,25-29,31,33-34H2,1-2H3,(H,39,43)/b19-18+,24-22+,32-30+. The fourth-order valence-corrected chi connectivity index (χ4v) is 5.31. The molecule has 3 atom stereocenters. The van der Waals surface area contributed by atoms with Crippen molar-refractivity contribution in [1.29, 1.82) is 0 Å². The van der Waals surface area contributed by atoms with Gasteiger partial charge < -0.3 is 20.6 Å². The molecule has 0 saturated heterocycles. The van der Waals surface area contributed by atoms with Gasteiger partial charge in [0.25, 0.3) is 0 Å². The number of hydrogen-bond donors (Lipinski definition) is 4.